The zero-order chi connectivity index (χ0) is 24.3. The predicted octanol–water partition coefficient (Wildman–Crippen LogP) is 2.62. The van der Waals surface area contributed by atoms with Gasteiger partial charge in [-0.1, -0.05) is 42.5 Å². The summed E-state index contributed by atoms with van der Waals surface area (Å²) in [4.78, 5) is 1.56. The standard InChI is InChI=1S/C25H30N6O3S/c1-35(32,33)27-14-4-5-17-31-29-24(28-30-31)20-10-8-19(9-11-20)22-18-25(12-15-26-16-13-25)34-23-7-3-2-6-21(22)23/h2-3,6-11,18,26-27H,4-5,12-17H2,1H3. The van der Waals surface area contributed by atoms with E-state index < -0.39 is 10.0 Å². The molecule has 5 rings (SSSR count). The first-order chi connectivity index (χ1) is 16.9. The van der Waals surface area contributed by atoms with Crippen LogP contribution in [0.25, 0.3) is 17.0 Å². The number of hydrogen-bond acceptors (Lipinski definition) is 7. The van der Waals surface area contributed by atoms with E-state index in [1.54, 1.807) is 4.80 Å². The van der Waals surface area contributed by atoms with Gasteiger partial charge in [-0.3, -0.25) is 0 Å². The molecule has 35 heavy (non-hydrogen) atoms. The molecule has 0 amide bonds. The molecule has 10 heteroatoms. The van der Waals surface area contributed by atoms with Gasteiger partial charge in [0, 0.05) is 30.5 Å². The molecule has 0 bridgehead atoms. The van der Waals surface area contributed by atoms with Gasteiger partial charge in [0.05, 0.1) is 12.8 Å². The van der Waals surface area contributed by atoms with Crippen LogP contribution in [0.3, 0.4) is 0 Å². The van der Waals surface area contributed by atoms with E-state index in [9.17, 15) is 8.42 Å². The van der Waals surface area contributed by atoms with Crippen LogP contribution in [0.5, 0.6) is 5.75 Å². The van der Waals surface area contributed by atoms with Gasteiger partial charge in [0.15, 0.2) is 0 Å². The van der Waals surface area contributed by atoms with Crippen molar-refractivity contribution in [3.05, 3.63) is 65.7 Å². The van der Waals surface area contributed by atoms with Crippen molar-refractivity contribution in [1.29, 1.82) is 0 Å². The van der Waals surface area contributed by atoms with Gasteiger partial charge in [0.25, 0.3) is 0 Å². The van der Waals surface area contributed by atoms with Gasteiger partial charge in [-0.2, -0.15) is 4.80 Å². The number of benzene rings is 2. The number of fused-ring (bicyclic) bond motifs is 1. The van der Waals surface area contributed by atoms with Crippen LogP contribution in [0.1, 0.15) is 36.8 Å². The molecule has 0 unspecified atom stereocenters. The third kappa shape index (κ3) is 5.61. The smallest absolute Gasteiger partial charge is 0.208 e. The van der Waals surface area contributed by atoms with E-state index in [4.69, 9.17) is 4.74 Å². The fourth-order valence-corrected chi connectivity index (χ4v) is 5.11. The molecule has 2 N–H and O–H groups in total. The summed E-state index contributed by atoms with van der Waals surface area (Å²) in [6.07, 6.45) is 6.81. The van der Waals surface area contributed by atoms with Crippen LogP contribution in [0.4, 0.5) is 0 Å². The first-order valence-electron chi connectivity index (χ1n) is 12.0. The molecule has 3 heterocycles. The van der Waals surface area contributed by atoms with Gasteiger partial charge < -0.3 is 10.1 Å². The van der Waals surface area contributed by atoms with Gasteiger partial charge >= 0.3 is 0 Å². The van der Waals surface area contributed by atoms with Gasteiger partial charge in [-0.15, -0.1) is 10.2 Å². The van der Waals surface area contributed by atoms with Crippen LogP contribution in [-0.4, -0.2) is 60.1 Å². The van der Waals surface area contributed by atoms with E-state index in [1.165, 1.54) is 5.57 Å². The summed E-state index contributed by atoms with van der Waals surface area (Å²) >= 11 is 0. The lowest BCUT2D eigenvalue weighted by Crippen LogP contribution is -2.46. The van der Waals surface area contributed by atoms with Crippen molar-refractivity contribution < 1.29 is 13.2 Å². The number of hydrogen-bond donors (Lipinski definition) is 2. The number of nitrogens with one attached hydrogen (secondary N) is 2. The number of rotatable bonds is 8. The number of tetrazole rings is 1. The highest BCUT2D eigenvalue weighted by Crippen LogP contribution is 2.42. The number of ether oxygens (including phenoxy) is 1. The molecule has 1 fully saturated rings. The van der Waals surface area contributed by atoms with Gasteiger partial charge in [-0.05, 0) is 54.4 Å². The van der Waals surface area contributed by atoms with E-state index in [0.717, 1.165) is 61.0 Å². The maximum atomic E-state index is 11.1. The van der Waals surface area contributed by atoms with Crippen molar-refractivity contribution in [3.63, 3.8) is 0 Å². The molecule has 3 aromatic rings. The Labute approximate surface area is 205 Å². The summed E-state index contributed by atoms with van der Waals surface area (Å²) in [6.45, 7) is 2.88. The van der Waals surface area contributed by atoms with Crippen LogP contribution < -0.4 is 14.8 Å². The fourth-order valence-electron chi connectivity index (χ4n) is 4.59. The van der Waals surface area contributed by atoms with E-state index >= 15 is 0 Å². The highest BCUT2D eigenvalue weighted by Gasteiger charge is 2.36. The molecule has 1 spiro atoms. The minimum Gasteiger partial charge on any atom is -0.482 e. The van der Waals surface area contributed by atoms with Crippen molar-refractivity contribution >= 4 is 15.6 Å². The van der Waals surface area contributed by atoms with Crippen LogP contribution >= 0.6 is 0 Å². The molecule has 1 saturated heterocycles. The van der Waals surface area contributed by atoms with Crippen LogP contribution in [0.2, 0.25) is 0 Å². The molecule has 0 aliphatic carbocycles. The molecule has 2 aliphatic heterocycles. The molecule has 0 atom stereocenters. The third-order valence-corrected chi connectivity index (χ3v) is 7.13. The Morgan fingerprint density at radius 2 is 1.80 bits per heavy atom. The summed E-state index contributed by atoms with van der Waals surface area (Å²) in [7, 11) is -3.15. The van der Waals surface area contributed by atoms with E-state index in [-0.39, 0.29) is 5.60 Å². The summed E-state index contributed by atoms with van der Waals surface area (Å²) in [5, 5.41) is 16.3. The molecule has 2 aliphatic rings. The average Bonchev–Trinajstić information content (AvgIpc) is 3.32. The monoisotopic (exact) mass is 494 g/mol. The first-order valence-corrected chi connectivity index (χ1v) is 13.9. The SMILES string of the molecule is CS(=O)(=O)NCCCCn1nnc(-c2ccc(C3=CC4(CCNCC4)Oc4ccccc43)cc2)n1. The zero-order valence-corrected chi connectivity index (χ0v) is 20.6. The number of para-hydroxylation sites is 1. The fraction of sp³-hybridized carbons (Fsp3) is 0.400. The number of piperidine rings is 1. The second kappa shape index (κ2) is 9.88. The maximum absolute atomic E-state index is 11.1. The molecule has 0 radical (unpaired) electrons. The minimum atomic E-state index is -3.15. The van der Waals surface area contributed by atoms with Crippen molar-refractivity contribution in [2.24, 2.45) is 0 Å². The number of unbranched alkanes of at least 4 members (excludes halogenated alkanes) is 1. The van der Waals surface area contributed by atoms with Crippen LogP contribution in [0.15, 0.2) is 54.6 Å². The van der Waals surface area contributed by atoms with Gasteiger partial charge in [0.1, 0.15) is 11.4 Å². The first kappa shape index (κ1) is 23.7. The Morgan fingerprint density at radius 3 is 2.57 bits per heavy atom. The topological polar surface area (TPSA) is 111 Å². The lowest BCUT2D eigenvalue weighted by atomic mass is 9.83. The Hall–Kier alpha value is -3.08. The Morgan fingerprint density at radius 1 is 1.06 bits per heavy atom. The van der Waals surface area contributed by atoms with E-state index in [1.807, 2.05) is 24.3 Å². The molecule has 2 aromatic carbocycles. The second-order valence-corrected chi connectivity index (χ2v) is 11.0. The average molecular weight is 495 g/mol. The predicted molar refractivity (Wildman–Crippen MR) is 134 cm³/mol. The quantitative estimate of drug-likeness (QED) is 0.463. The molecule has 0 saturated carbocycles. The normalized spacial score (nSPS) is 17.0. The highest BCUT2D eigenvalue weighted by atomic mass is 32.2. The van der Waals surface area contributed by atoms with E-state index in [0.29, 0.717) is 25.3 Å². The van der Waals surface area contributed by atoms with Crippen LogP contribution in [0, 0.1) is 0 Å². The number of sulfonamides is 1. The molecular formula is C25H30N6O3S. The Kier molecular flexibility index (Phi) is 6.68. The number of nitrogens with zero attached hydrogens (tertiary/aromatic N) is 4. The third-order valence-electron chi connectivity index (χ3n) is 6.40. The van der Waals surface area contributed by atoms with Crippen molar-refractivity contribution in [2.45, 2.75) is 37.8 Å². The van der Waals surface area contributed by atoms with Crippen molar-refractivity contribution in [3.8, 4) is 17.1 Å². The number of aromatic nitrogens is 4. The minimum absolute atomic E-state index is 0.269. The summed E-state index contributed by atoms with van der Waals surface area (Å²) < 4.78 is 31.2. The Balaban J connectivity index is 1.30. The highest BCUT2D eigenvalue weighted by molar-refractivity contribution is 7.88. The molecule has 9 nitrogen and oxygen atoms in total. The molecule has 1 aromatic heterocycles. The summed E-state index contributed by atoms with van der Waals surface area (Å²) in [5.74, 6) is 1.51. The van der Waals surface area contributed by atoms with Crippen molar-refractivity contribution in [1.82, 2.24) is 30.2 Å². The Bertz CT molecular complexity index is 1310. The lowest BCUT2D eigenvalue weighted by Gasteiger charge is -2.40. The van der Waals surface area contributed by atoms with Crippen LogP contribution in [-0.2, 0) is 16.6 Å². The number of aryl methyl sites for hydroxylation is 1. The lowest BCUT2D eigenvalue weighted by molar-refractivity contribution is 0.0817. The summed E-state index contributed by atoms with van der Waals surface area (Å²) in [5.41, 5.74) is 4.07. The second-order valence-electron chi connectivity index (χ2n) is 9.13. The van der Waals surface area contributed by atoms with Gasteiger partial charge in [0.2, 0.25) is 15.8 Å². The molecule has 184 valence electrons. The zero-order valence-electron chi connectivity index (χ0n) is 19.8. The van der Waals surface area contributed by atoms with E-state index in [2.05, 4.69) is 55.8 Å². The summed E-state index contributed by atoms with van der Waals surface area (Å²) in [6, 6.07) is 16.5. The largest absolute Gasteiger partial charge is 0.482 e. The van der Waals surface area contributed by atoms with Crippen molar-refractivity contribution in [2.75, 3.05) is 25.9 Å². The molecular weight excluding hydrogens is 464 g/mol. The maximum Gasteiger partial charge on any atom is 0.208 e. The van der Waals surface area contributed by atoms with Gasteiger partial charge in [-0.25, -0.2) is 13.1 Å².